The molecule has 0 aliphatic carbocycles. The first-order valence-electron chi connectivity index (χ1n) is 7.12. The van der Waals surface area contributed by atoms with Crippen LogP contribution in [0, 0.1) is 12.8 Å². The molecule has 0 radical (unpaired) electrons. The van der Waals surface area contributed by atoms with Crippen molar-refractivity contribution in [1.82, 2.24) is 10.0 Å². The Morgan fingerprint density at radius 2 is 1.91 bits per heavy atom. The highest BCUT2D eigenvalue weighted by Crippen LogP contribution is 2.21. The molecular formula is C15H24N2O4S. The number of nitrogens with one attached hydrogen (secondary N) is 2. The summed E-state index contributed by atoms with van der Waals surface area (Å²) in [5.74, 6) is 0.571. The highest BCUT2D eigenvalue weighted by atomic mass is 32.2. The van der Waals surface area contributed by atoms with Crippen LogP contribution in [-0.4, -0.2) is 34.0 Å². The lowest BCUT2D eigenvalue weighted by molar-refractivity contribution is -0.122. The average Bonchev–Trinajstić information content (AvgIpc) is 2.43. The number of carbonyl (C=O) groups is 1. The van der Waals surface area contributed by atoms with E-state index in [1.807, 2.05) is 13.8 Å². The lowest BCUT2D eigenvalue weighted by atomic mass is 10.2. The number of sulfonamides is 1. The number of carbonyl (C=O) groups excluding carboxylic acids is 1. The summed E-state index contributed by atoms with van der Waals surface area (Å²) in [6.45, 7) is 7.72. The minimum atomic E-state index is -3.76. The molecule has 2 N–H and O–H groups in total. The van der Waals surface area contributed by atoms with Crippen molar-refractivity contribution < 1.29 is 17.9 Å². The second-order valence-corrected chi connectivity index (χ2v) is 7.33. The second-order valence-electron chi connectivity index (χ2n) is 5.61. The molecule has 0 aromatic heterocycles. The van der Waals surface area contributed by atoms with Gasteiger partial charge in [0.2, 0.25) is 15.9 Å². The van der Waals surface area contributed by atoms with Crippen molar-refractivity contribution >= 4 is 15.9 Å². The van der Waals surface area contributed by atoms with Crippen molar-refractivity contribution in [3.8, 4) is 5.75 Å². The first-order valence-corrected chi connectivity index (χ1v) is 8.60. The minimum absolute atomic E-state index is 0.106. The molecule has 0 saturated heterocycles. The van der Waals surface area contributed by atoms with E-state index in [0.717, 1.165) is 0 Å². The van der Waals surface area contributed by atoms with E-state index in [2.05, 4.69) is 10.0 Å². The van der Waals surface area contributed by atoms with E-state index in [1.54, 1.807) is 13.0 Å². The normalized spacial score (nSPS) is 13.0. The molecular weight excluding hydrogens is 304 g/mol. The zero-order chi connectivity index (χ0) is 16.9. The first kappa shape index (κ1) is 18.4. The van der Waals surface area contributed by atoms with Crippen LogP contribution in [0.4, 0.5) is 0 Å². The molecule has 0 aliphatic heterocycles. The van der Waals surface area contributed by atoms with E-state index in [4.69, 9.17) is 4.74 Å². The number of rotatable bonds is 7. The Balaban J connectivity index is 2.82. The topological polar surface area (TPSA) is 84.5 Å². The van der Waals surface area contributed by atoms with Gasteiger partial charge in [0.15, 0.2) is 0 Å². The van der Waals surface area contributed by atoms with Crippen molar-refractivity contribution in [2.24, 2.45) is 5.92 Å². The summed E-state index contributed by atoms with van der Waals surface area (Å²) in [6, 6.07) is 3.71. The molecule has 7 heteroatoms. The van der Waals surface area contributed by atoms with Gasteiger partial charge in [0.05, 0.1) is 18.0 Å². The van der Waals surface area contributed by atoms with E-state index in [-0.39, 0.29) is 10.8 Å². The number of ether oxygens (including phenoxy) is 1. The summed E-state index contributed by atoms with van der Waals surface area (Å²) >= 11 is 0. The molecule has 1 rings (SSSR count). The minimum Gasteiger partial charge on any atom is -0.496 e. The van der Waals surface area contributed by atoms with Gasteiger partial charge in [-0.25, -0.2) is 8.42 Å². The van der Waals surface area contributed by atoms with E-state index < -0.39 is 16.1 Å². The van der Waals surface area contributed by atoms with Crippen LogP contribution in [0.2, 0.25) is 0 Å². The maximum Gasteiger partial charge on any atom is 0.241 e. The third kappa shape index (κ3) is 4.99. The second kappa shape index (κ2) is 7.60. The van der Waals surface area contributed by atoms with Crippen LogP contribution in [0.5, 0.6) is 5.75 Å². The SMILES string of the molecule is COc1ccc(S(=O)(=O)N[C@@H](C)C(=O)NCC(C)C)cc1C. The van der Waals surface area contributed by atoms with Gasteiger partial charge in [0.1, 0.15) is 5.75 Å². The highest BCUT2D eigenvalue weighted by Gasteiger charge is 2.22. The molecule has 0 fully saturated rings. The summed E-state index contributed by atoms with van der Waals surface area (Å²) in [5, 5.41) is 2.70. The monoisotopic (exact) mass is 328 g/mol. The Bertz CT molecular complexity index is 626. The molecule has 22 heavy (non-hydrogen) atoms. The van der Waals surface area contributed by atoms with Crippen molar-refractivity contribution in [2.75, 3.05) is 13.7 Å². The van der Waals surface area contributed by atoms with Crippen LogP contribution in [0.15, 0.2) is 23.1 Å². The first-order chi connectivity index (χ1) is 10.2. The molecule has 1 atom stereocenters. The number of hydrogen-bond acceptors (Lipinski definition) is 4. The molecule has 1 aromatic carbocycles. The smallest absolute Gasteiger partial charge is 0.241 e. The molecule has 0 spiro atoms. The van der Waals surface area contributed by atoms with Crippen LogP contribution in [0.1, 0.15) is 26.3 Å². The van der Waals surface area contributed by atoms with Crippen LogP contribution in [-0.2, 0) is 14.8 Å². The van der Waals surface area contributed by atoms with Gasteiger partial charge in [-0.05, 0) is 43.5 Å². The maximum atomic E-state index is 12.3. The van der Waals surface area contributed by atoms with Crippen LogP contribution >= 0.6 is 0 Å². The molecule has 6 nitrogen and oxygen atoms in total. The van der Waals surface area contributed by atoms with Gasteiger partial charge in [0, 0.05) is 6.54 Å². The number of methoxy groups -OCH3 is 1. The van der Waals surface area contributed by atoms with Gasteiger partial charge >= 0.3 is 0 Å². The molecule has 1 aromatic rings. The Labute approximate surface area is 132 Å². The van der Waals surface area contributed by atoms with Gasteiger partial charge in [-0.3, -0.25) is 4.79 Å². The molecule has 1 amide bonds. The molecule has 0 heterocycles. The molecule has 124 valence electrons. The number of amides is 1. The Morgan fingerprint density at radius 1 is 1.27 bits per heavy atom. The fraction of sp³-hybridized carbons (Fsp3) is 0.533. The van der Waals surface area contributed by atoms with Crippen LogP contribution < -0.4 is 14.8 Å². The summed E-state index contributed by atoms with van der Waals surface area (Å²) in [7, 11) is -2.23. The van der Waals surface area contributed by atoms with E-state index in [9.17, 15) is 13.2 Å². The Morgan fingerprint density at radius 3 is 2.41 bits per heavy atom. The lowest BCUT2D eigenvalue weighted by Gasteiger charge is -2.16. The van der Waals surface area contributed by atoms with Gasteiger partial charge in [-0.2, -0.15) is 4.72 Å². The van der Waals surface area contributed by atoms with Crippen LogP contribution in [0.25, 0.3) is 0 Å². The fourth-order valence-electron chi connectivity index (χ4n) is 1.83. The van der Waals surface area contributed by atoms with Crippen molar-refractivity contribution in [3.05, 3.63) is 23.8 Å². The molecule has 0 saturated carbocycles. The fourth-order valence-corrected chi connectivity index (χ4v) is 3.12. The molecule has 0 aliphatic rings. The lowest BCUT2D eigenvalue weighted by Crippen LogP contribution is -2.45. The standard InChI is InChI=1S/C15H24N2O4S/c1-10(2)9-16-15(18)12(4)17-22(19,20)13-6-7-14(21-5)11(3)8-13/h6-8,10,12,17H,9H2,1-5H3,(H,16,18)/t12-/m0/s1. The summed E-state index contributed by atoms with van der Waals surface area (Å²) in [4.78, 5) is 12.0. The Hall–Kier alpha value is -1.60. The zero-order valence-corrected chi connectivity index (χ0v) is 14.5. The third-order valence-corrected chi connectivity index (χ3v) is 4.62. The zero-order valence-electron chi connectivity index (χ0n) is 13.6. The van der Waals surface area contributed by atoms with Gasteiger partial charge < -0.3 is 10.1 Å². The predicted octanol–water partition coefficient (Wildman–Crippen LogP) is 1.44. The molecule has 0 unspecified atom stereocenters. The van der Waals surface area contributed by atoms with E-state index >= 15 is 0 Å². The largest absolute Gasteiger partial charge is 0.496 e. The summed E-state index contributed by atoms with van der Waals surface area (Å²) in [5.41, 5.74) is 0.710. The Kier molecular flexibility index (Phi) is 6.37. The predicted molar refractivity (Wildman–Crippen MR) is 85.4 cm³/mol. The van der Waals surface area contributed by atoms with Crippen molar-refractivity contribution in [1.29, 1.82) is 0 Å². The number of benzene rings is 1. The van der Waals surface area contributed by atoms with E-state index in [1.165, 1.54) is 26.2 Å². The summed E-state index contributed by atoms with van der Waals surface area (Å²) < 4.78 is 32.1. The molecule has 0 bridgehead atoms. The number of hydrogen-bond donors (Lipinski definition) is 2. The van der Waals surface area contributed by atoms with Gasteiger partial charge in [-0.1, -0.05) is 13.8 Å². The maximum absolute atomic E-state index is 12.3. The van der Waals surface area contributed by atoms with Gasteiger partial charge in [-0.15, -0.1) is 0 Å². The quantitative estimate of drug-likeness (QED) is 0.793. The van der Waals surface area contributed by atoms with Crippen LogP contribution in [0.3, 0.4) is 0 Å². The third-order valence-electron chi connectivity index (χ3n) is 3.09. The average molecular weight is 328 g/mol. The van der Waals surface area contributed by atoms with Gasteiger partial charge in [0.25, 0.3) is 0 Å². The van der Waals surface area contributed by atoms with E-state index in [0.29, 0.717) is 23.8 Å². The van der Waals surface area contributed by atoms with Crippen molar-refractivity contribution in [3.63, 3.8) is 0 Å². The van der Waals surface area contributed by atoms with Crippen molar-refractivity contribution in [2.45, 2.75) is 38.6 Å². The highest BCUT2D eigenvalue weighted by molar-refractivity contribution is 7.89. The summed E-state index contributed by atoms with van der Waals surface area (Å²) in [6.07, 6.45) is 0. The number of aryl methyl sites for hydroxylation is 1.